The Morgan fingerprint density at radius 1 is 1.33 bits per heavy atom. The molecule has 2 aromatic rings. The lowest BCUT2D eigenvalue weighted by Crippen LogP contribution is -2.39. The molecule has 2 amide bonds. The lowest BCUT2D eigenvalue weighted by molar-refractivity contribution is 0.0594. The number of urea groups is 1. The van der Waals surface area contributed by atoms with Crippen LogP contribution in [0, 0.1) is 0 Å². The average molecular weight is 368 g/mol. The van der Waals surface area contributed by atoms with E-state index >= 15 is 0 Å². The summed E-state index contributed by atoms with van der Waals surface area (Å²) in [4.78, 5) is 29.8. The van der Waals surface area contributed by atoms with Crippen LogP contribution in [0.15, 0.2) is 29.6 Å². The predicted octanol–water partition coefficient (Wildman–Crippen LogP) is 4.03. The van der Waals surface area contributed by atoms with Gasteiger partial charge in [-0.2, -0.15) is 0 Å². The lowest BCUT2D eigenvalue weighted by Gasteiger charge is -2.26. The number of benzene rings is 1. The van der Waals surface area contributed by atoms with E-state index in [4.69, 9.17) is 11.6 Å². The molecule has 1 N–H and O–H groups in total. The molecule has 0 aliphatic rings. The van der Waals surface area contributed by atoms with Gasteiger partial charge < -0.3 is 15.0 Å². The molecule has 0 fully saturated rings. The highest BCUT2D eigenvalue weighted by molar-refractivity contribution is 7.09. The molecule has 128 valence electrons. The summed E-state index contributed by atoms with van der Waals surface area (Å²) in [5.41, 5.74) is 0.906. The normalized spacial score (nSPS) is 10.5. The highest BCUT2D eigenvalue weighted by atomic mass is 35.5. The van der Waals surface area contributed by atoms with E-state index in [9.17, 15) is 9.59 Å². The van der Waals surface area contributed by atoms with E-state index in [1.54, 1.807) is 34.5 Å². The molecule has 8 heteroatoms. The van der Waals surface area contributed by atoms with Gasteiger partial charge in [0, 0.05) is 22.1 Å². The molecule has 0 saturated heterocycles. The Morgan fingerprint density at radius 2 is 2.00 bits per heavy atom. The second-order valence-electron chi connectivity index (χ2n) is 5.28. The van der Waals surface area contributed by atoms with Crippen LogP contribution in [0.1, 0.15) is 29.3 Å². The quantitative estimate of drug-likeness (QED) is 0.810. The Bertz CT molecular complexity index is 716. The van der Waals surface area contributed by atoms with Crippen molar-refractivity contribution in [2.45, 2.75) is 26.4 Å². The zero-order valence-electron chi connectivity index (χ0n) is 13.6. The molecule has 0 unspecified atom stereocenters. The summed E-state index contributed by atoms with van der Waals surface area (Å²) in [6.07, 6.45) is 0. The Morgan fingerprint density at radius 3 is 2.58 bits per heavy atom. The molecule has 0 atom stereocenters. The van der Waals surface area contributed by atoms with Gasteiger partial charge in [0.25, 0.3) is 0 Å². The van der Waals surface area contributed by atoms with Crippen molar-refractivity contribution in [2.75, 3.05) is 12.4 Å². The van der Waals surface area contributed by atoms with Crippen molar-refractivity contribution in [3.8, 4) is 0 Å². The van der Waals surface area contributed by atoms with Crippen molar-refractivity contribution in [3.63, 3.8) is 0 Å². The van der Waals surface area contributed by atoms with Crippen molar-refractivity contribution in [3.05, 3.63) is 45.4 Å². The van der Waals surface area contributed by atoms with Gasteiger partial charge in [-0.3, -0.25) is 0 Å². The highest BCUT2D eigenvalue weighted by Crippen LogP contribution is 2.18. The Balaban J connectivity index is 2.08. The van der Waals surface area contributed by atoms with Crippen molar-refractivity contribution >= 4 is 40.6 Å². The second-order valence-corrected chi connectivity index (χ2v) is 6.66. The lowest BCUT2D eigenvalue weighted by atomic mass is 10.3. The number of nitrogens with one attached hydrogen (secondary N) is 1. The van der Waals surface area contributed by atoms with Crippen molar-refractivity contribution in [2.24, 2.45) is 0 Å². The molecular weight excluding hydrogens is 350 g/mol. The molecule has 1 aromatic heterocycles. The van der Waals surface area contributed by atoms with Crippen molar-refractivity contribution in [1.29, 1.82) is 0 Å². The average Bonchev–Trinajstić information content (AvgIpc) is 3.02. The number of aromatic nitrogens is 1. The van der Waals surface area contributed by atoms with Crippen LogP contribution in [-0.2, 0) is 11.3 Å². The number of hydrogen-bond donors (Lipinski definition) is 1. The minimum absolute atomic E-state index is 0.0391. The number of anilines is 1. The fourth-order valence-corrected chi connectivity index (χ4v) is 2.83. The SMILES string of the molecule is COC(=O)c1csc(CN(C(=O)Nc2ccc(Cl)cc2)C(C)C)n1. The number of hydrogen-bond acceptors (Lipinski definition) is 5. The van der Waals surface area contributed by atoms with Crippen LogP contribution in [0.4, 0.5) is 10.5 Å². The van der Waals surface area contributed by atoms with Crippen LogP contribution in [0.25, 0.3) is 0 Å². The topological polar surface area (TPSA) is 71.5 Å². The first-order chi connectivity index (χ1) is 11.4. The number of carbonyl (C=O) groups excluding carboxylic acids is 2. The van der Waals surface area contributed by atoms with Crippen molar-refractivity contribution < 1.29 is 14.3 Å². The number of methoxy groups -OCH3 is 1. The Labute approximate surface area is 149 Å². The molecule has 0 bridgehead atoms. The van der Waals surface area contributed by atoms with Crippen LogP contribution >= 0.6 is 22.9 Å². The fourth-order valence-electron chi connectivity index (χ4n) is 1.94. The van der Waals surface area contributed by atoms with Crippen LogP contribution < -0.4 is 5.32 Å². The molecule has 1 heterocycles. The maximum Gasteiger partial charge on any atom is 0.357 e. The van der Waals surface area contributed by atoms with Gasteiger partial charge in [-0.05, 0) is 38.1 Å². The van der Waals surface area contributed by atoms with Crippen LogP contribution in [0.5, 0.6) is 0 Å². The third kappa shape index (κ3) is 4.69. The fraction of sp³-hybridized carbons (Fsp3) is 0.312. The Hall–Kier alpha value is -2.12. The number of carbonyl (C=O) groups is 2. The van der Waals surface area contributed by atoms with E-state index in [0.29, 0.717) is 22.3 Å². The van der Waals surface area contributed by atoms with E-state index in [-0.39, 0.29) is 17.8 Å². The van der Waals surface area contributed by atoms with Gasteiger partial charge >= 0.3 is 12.0 Å². The van der Waals surface area contributed by atoms with E-state index < -0.39 is 5.97 Å². The number of halogens is 1. The molecule has 0 aliphatic heterocycles. The van der Waals surface area contributed by atoms with Gasteiger partial charge in [-0.15, -0.1) is 11.3 Å². The molecule has 24 heavy (non-hydrogen) atoms. The van der Waals surface area contributed by atoms with Crippen molar-refractivity contribution in [1.82, 2.24) is 9.88 Å². The molecule has 1 aromatic carbocycles. The van der Waals surface area contributed by atoms with Crippen LogP contribution in [-0.4, -0.2) is 35.0 Å². The number of nitrogens with zero attached hydrogens (tertiary/aromatic N) is 2. The summed E-state index contributed by atoms with van der Waals surface area (Å²) in [6, 6.07) is 6.60. The van der Waals surface area contributed by atoms with E-state index in [1.807, 2.05) is 13.8 Å². The summed E-state index contributed by atoms with van der Waals surface area (Å²) in [6.45, 7) is 4.13. The Kier molecular flexibility index (Phi) is 6.16. The predicted molar refractivity (Wildman–Crippen MR) is 94.6 cm³/mol. The second kappa shape index (κ2) is 8.12. The van der Waals surface area contributed by atoms with E-state index in [1.165, 1.54) is 18.4 Å². The van der Waals surface area contributed by atoms with E-state index in [2.05, 4.69) is 15.0 Å². The smallest absolute Gasteiger partial charge is 0.357 e. The molecule has 2 rings (SSSR count). The largest absolute Gasteiger partial charge is 0.464 e. The van der Waals surface area contributed by atoms with Gasteiger partial charge in [0.1, 0.15) is 5.01 Å². The third-order valence-corrected chi connectivity index (χ3v) is 4.32. The third-order valence-electron chi connectivity index (χ3n) is 3.23. The van der Waals surface area contributed by atoms with E-state index in [0.717, 1.165) is 0 Å². The minimum atomic E-state index is -0.487. The zero-order chi connectivity index (χ0) is 17.7. The molecule has 0 radical (unpaired) electrons. The zero-order valence-corrected chi connectivity index (χ0v) is 15.1. The van der Waals surface area contributed by atoms with Crippen LogP contribution in [0.2, 0.25) is 5.02 Å². The number of amides is 2. The number of ether oxygens (including phenoxy) is 1. The first-order valence-electron chi connectivity index (χ1n) is 7.26. The first kappa shape index (κ1) is 18.2. The summed E-state index contributed by atoms with van der Waals surface area (Å²) in [5, 5.41) is 5.71. The number of esters is 1. The molecule has 0 spiro atoms. The standard InChI is InChI=1S/C16H18ClN3O3S/c1-10(2)20(8-14-19-13(9-24-14)15(21)23-3)16(22)18-12-6-4-11(17)5-7-12/h4-7,9-10H,8H2,1-3H3,(H,18,22). The molecule has 6 nitrogen and oxygen atoms in total. The minimum Gasteiger partial charge on any atom is -0.464 e. The maximum absolute atomic E-state index is 12.5. The van der Waals surface area contributed by atoms with Gasteiger partial charge in [0.2, 0.25) is 0 Å². The highest BCUT2D eigenvalue weighted by Gasteiger charge is 2.20. The monoisotopic (exact) mass is 367 g/mol. The van der Waals surface area contributed by atoms with Gasteiger partial charge in [-0.25, -0.2) is 14.6 Å². The van der Waals surface area contributed by atoms with Gasteiger partial charge in [-0.1, -0.05) is 11.6 Å². The summed E-state index contributed by atoms with van der Waals surface area (Å²) in [5.74, 6) is -0.487. The number of rotatable bonds is 5. The number of thiazole rings is 1. The van der Waals surface area contributed by atoms with Gasteiger partial charge in [0.15, 0.2) is 5.69 Å². The maximum atomic E-state index is 12.5. The molecule has 0 saturated carbocycles. The van der Waals surface area contributed by atoms with Gasteiger partial charge in [0.05, 0.1) is 13.7 Å². The summed E-state index contributed by atoms with van der Waals surface area (Å²) >= 11 is 7.15. The van der Waals surface area contributed by atoms with Crippen LogP contribution in [0.3, 0.4) is 0 Å². The summed E-state index contributed by atoms with van der Waals surface area (Å²) in [7, 11) is 1.31. The first-order valence-corrected chi connectivity index (χ1v) is 8.52. The molecular formula is C16H18ClN3O3S. The summed E-state index contributed by atoms with van der Waals surface area (Å²) < 4.78 is 4.64. The molecule has 0 aliphatic carbocycles.